The monoisotopic (exact) mass is 230 g/mol. The molecule has 0 aromatic carbocycles. The van der Waals surface area contributed by atoms with Crippen LogP contribution in [0.5, 0.6) is 0 Å². The van der Waals surface area contributed by atoms with E-state index < -0.39 is 0 Å². The summed E-state index contributed by atoms with van der Waals surface area (Å²) in [5, 5.41) is 0. The minimum absolute atomic E-state index is 0.922. The highest BCUT2D eigenvalue weighted by Crippen LogP contribution is 2.28. The van der Waals surface area contributed by atoms with Crippen LogP contribution in [-0.4, -0.2) is 19.0 Å². The third kappa shape index (κ3) is 9.25. The summed E-state index contributed by atoms with van der Waals surface area (Å²) in [6.07, 6.45) is 12.3. The molecule has 0 unspecified atom stereocenters. The number of rotatable bonds is 11. The lowest BCUT2D eigenvalue weighted by Gasteiger charge is -2.03. The lowest BCUT2D eigenvalue weighted by Crippen LogP contribution is -1.98. The molecule has 1 rings (SSSR count). The molecule has 1 fully saturated rings. The zero-order valence-corrected chi connectivity index (χ0v) is 10.8. The number of ether oxygens (including phenoxy) is 1. The van der Waals surface area contributed by atoms with Gasteiger partial charge >= 0.3 is 0 Å². The Labute approximate surface area is 100 Å². The van der Waals surface area contributed by atoms with Gasteiger partial charge in [-0.25, -0.2) is 0 Å². The average molecular weight is 230 g/mol. The van der Waals surface area contributed by atoms with Gasteiger partial charge in [0.2, 0.25) is 0 Å². The molecule has 0 aliphatic heterocycles. The van der Waals surface area contributed by atoms with Gasteiger partial charge in [0.15, 0.2) is 0 Å². The quantitative estimate of drug-likeness (QED) is 0.416. The van der Waals surface area contributed by atoms with Gasteiger partial charge in [0, 0.05) is 13.2 Å². The Bertz CT molecular complexity index is 134. The molecular weight excluding hydrogens is 204 g/mol. The Kier molecular flexibility index (Phi) is 8.50. The number of unbranched alkanes of at least 4 members (excludes halogenated alkanes) is 6. The highest BCUT2D eigenvalue weighted by atomic mass is 32.1. The number of hydrogen-bond acceptors (Lipinski definition) is 2. The van der Waals surface area contributed by atoms with Crippen molar-refractivity contribution in [3.63, 3.8) is 0 Å². The second-order valence-corrected chi connectivity index (χ2v) is 5.16. The van der Waals surface area contributed by atoms with E-state index in [0.717, 1.165) is 24.9 Å². The minimum atomic E-state index is 0.922. The first kappa shape index (κ1) is 13.4. The molecule has 0 aromatic heterocycles. The van der Waals surface area contributed by atoms with Crippen molar-refractivity contribution < 1.29 is 4.74 Å². The third-order valence-corrected chi connectivity index (χ3v) is 3.31. The molecule has 1 aliphatic carbocycles. The number of hydrogen-bond donors (Lipinski definition) is 1. The molecule has 0 aromatic rings. The van der Waals surface area contributed by atoms with Gasteiger partial charge in [0.25, 0.3) is 0 Å². The highest BCUT2D eigenvalue weighted by Gasteiger charge is 2.20. The zero-order valence-electron chi connectivity index (χ0n) is 9.92. The van der Waals surface area contributed by atoms with E-state index >= 15 is 0 Å². The molecule has 0 amide bonds. The zero-order chi connectivity index (χ0) is 10.8. The smallest absolute Gasteiger partial charge is 0.0494 e. The molecule has 0 spiro atoms. The molecule has 1 saturated carbocycles. The van der Waals surface area contributed by atoms with Crippen molar-refractivity contribution in [2.45, 2.75) is 57.8 Å². The SMILES string of the molecule is SCCCCCCCCCOCC1CC1. The predicted molar refractivity (Wildman–Crippen MR) is 69.7 cm³/mol. The largest absolute Gasteiger partial charge is 0.381 e. The van der Waals surface area contributed by atoms with Crippen molar-refractivity contribution >= 4 is 12.6 Å². The van der Waals surface area contributed by atoms with E-state index in [1.165, 1.54) is 57.8 Å². The van der Waals surface area contributed by atoms with Crippen LogP contribution in [-0.2, 0) is 4.74 Å². The van der Waals surface area contributed by atoms with Gasteiger partial charge in [-0.15, -0.1) is 0 Å². The van der Waals surface area contributed by atoms with Crippen molar-refractivity contribution in [2.75, 3.05) is 19.0 Å². The van der Waals surface area contributed by atoms with Gasteiger partial charge in [-0.05, 0) is 37.4 Å². The molecule has 0 heterocycles. The van der Waals surface area contributed by atoms with Crippen LogP contribution >= 0.6 is 12.6 Å². The summed E-state index contributed by atoms with van der Waals surface area (Å²) in [5.41, 5.74) is 0. The summed E-state index contributed by atoms with van der Waals surface area (Å²) >= 11 is 4.21. The Hall–Kier alpha value is 0.310. The van der Waals surface area contributed by atoms with E-state index in [9.17, 15) is 0 Å². The van der Waals surface area contributed by atoms with Gasteiger partial charge in [-0.1, -0.05) is 32.1 Å². The fourth-order valence-electron chi connectivity index (χ4n) is 1.73. The topological polar surface area (TPSA) is 9.23 Å². The minimum Gasteiger partial charge on any atom is -0.381 e. The highest BCUT2D eigenvalue weighted by molar-refractivity contribution is 7.80. The maximum atomic E-state index is 5.59. The molecule has 1 aliphatic rings. The molecular formula is C13H26OS. The molecule has 0 saturated heterocycles. The molecule has 0 radical (unpaired) electrons. The summed E-state index contributed by atoms with van der Waals surface area (Å²) in [5.74, 6) is 1.97. The van der Waals surface area contributed by atoms with E-state index in [1.807, 2.05) is 0 Å². The lowest BCUT2D eigenvalue weighted by atomic mass is 10.1. The van der Waals surface area contributed by atoms with Crippen LogP contribution in [0.25, 0.3) is 0 Å². The summed E-state index contributed by atoms with van der Waals surface area (Å²) < 4.78 is 5.59. The molecule has 1 nitrogen and oxygen atoms in total. The summed E-state index contributed by atoms with van der Waals surface area (Å²) in [6.45, 7) is 2.02. The number of thiol groups is 1. The maximum absolute atomic E-state index is 5.59. The van der Waals surface area contributed by atoms with E-state index in [-0.39, 0.29) is 0 Å². The maximum Gasteiger partial charge on any atom is 0.0494 e. The molecule has 15 heavy (non-hydrogen) atoms. The molecule has 90 valence electrons. The third-order valence-electron chi connectivity index (χ3n) is 3.00. The molecule has 0 atom stereocenters. The Morgan fingerprint density at radius 3 is 2.07 bits per heavy atom. The normalized spacial score (nSPS) is 15.8. The lowest BCUT2D eigenvalue weighted by molar-refractivity contribution is 0.120. The van der Waals surface area contributed by atoms with Crippen LogP contribution < -0.4 is 0 Å². The average Bonchev–Trinajstić information content (AvgIpc) is 3.05. The van der Waals surface area contributed by atoms with Crippen LogP contribution in [0.2, 0.25) is 0 Å². The van der Waals surface area contributed by atoms with Gasteiger partial charge < -0.3 is 4.74 Å². The Balaban J connectivity index is 1.62. The van der Waals surface area contributed by atoms with Crippen molar-refractivity contribution in [1.29, 1.82) is 0 Å². The summed E-state index contributed by atoms with van der Waals surface area (Å²) in [4.78, 5) is 0. The van der Waals surface area contributed by atoms with Crippen molar-refractivity contribution in [3.05, 3.63) is 0 Å². The Morgan fingerprint density at radius 2 is 1.47 bits per heavy atom. The van der Waals surface area contributed by atoms with Crippen LogP contribution in [0.15, 0.2) is 0 Å². The first-order valence-corrected chi connectivity index (χ1v) is 7.25. The van der Waals surface area contributed by atoms with Crippen LogP contribution in [0.3, 0.4) is 0 Å². The van der Waals surface area contributed by atoms with E-state index in [1.54, 1.807) is 0 Å². The first-order chi connectivity index (χ1) is 7.43. The van der Waals surface area contributed by atoms with Gasteiger partial charge in [0.1, 0.15) is 0 Å². The summed E-state index contributed by atoms with van der Waals surface area (Å²) in [6, 6.07) is 0. The predicted octanol–water partition coefficient (Wildman–Crippen LogP) is 4.07. The second kappa shape index (κ2) is 9.53. The molecule has 0 N–H and O–H groups in total. The van der Waals surface area contributed by atoms with Crippen LogP contribution in [0, 0.1) is 5.92 Å². The van der Waals surface area contributed by atoms with E-state index in [4.69, 9.17) is 4.74 Å². The van der Waals surface area contributed by atoms with Gasteiger partial charge in [-0.2, -0.15) is 12.6 Å². The fraction of sp³-hybridized carbons (Fsp3) is 1.00. The van der Waals surface area contributed by atoms with Crippen molar-refractivity contribution in [1.82, 2.24) is 0 Å². The van der Waals surface area contributed by atoms with Crippen molar-refractivity contribution in [3.8, 4) is 0 Å². The van der Waals surface area contributed by atoms with Gasteiger partial charge in [0.05, 0.1) is 0 Å². The molecule has 2 heteroatoms. The van der Waals surface area contributed by atoms with Crippen LogP contribution in [0.4, 0.5) is 0 Å². The van der Waals surface area contributed by atoms with E-state index in [0.29, 0.717) is 0 Å². The first-order valence-electron chi connectivity index (χ1n) is 6.62. The summed E-state index contributed by atoms with van der Waals surface area (Å²) in [7, 11) is 0. The standard InChI is InChI=1S/C13H26OS/c15-11-7-5-3-1-2-4-6-10-14-12-13-8-9-13/h13,15H,1-12H2. The fourth-order valence-corrected chi connectivity index (χ4v) is 1.96. The molecule has 0 bridgehead atoms. The van der Waals surface area contributed by atoms with Gasteiger partial charge in [-0.3, -0.25) is 0 Å². The van der Waals surface area contributed by atoms with Crippen LogP contribution in [0.1, 0.15) is 57.8 Å². The van der Waals surface area contributed by atoms with E-state index in [2.05, 4.69) is 12.6 Å². The second-order valence-electron chi connectivity index (χ2n) is 4.72. The Morgan fingerprint density at radius 1 is 0.867 bits per heavy atom. The van der Waals surface area contributed by atoms with Crippen molar-refractivity contribution in [2.24, 2.45) is 5.92 Å².